The predicted octanol–water partition coefficient (Wildman–Crippen LogP) is 3.38. The molecule has 0 aliphatic rings. The number of nitrogens with one attached hydrogen (secondary N) is 1. The monoisotopic (exact) mass is 341 g/mol. The molecule has 0 amide bonds. The lowest BCUT2D eigenvalue weighted by Gasteiger charge is -2.26. The smallest absolute Gasteiger partial charge is 0.0341 e. The molecule has 0 aliphatic carbocycles. The molecular formula is C16H28BrN3. The second-order valence-corrected chi connectivity index (χ2v) is 6.85. The molecule has 0 aromatic heterocycles. The van der Waals surface area contributed by atoms with Gasteiger partial charge in [-0.3, -0.25) is 0 Å². The highest BCUT2D eigenvalue weighted by molar-refractivity contribution is 9.10. The molecule has 0 atom stereocenters. The van der Waals surface area contributed by atoms with Crippen molar-refractivity contribution < 1.29 is 0 Å². The van der Waals surface area contributed by atoms with Crippen molar-refractivity contribution in [2.75, 3.05) is 52.1 Å². The molecule has 0 saturated heterocycles. The van der Waals surface area contributed by atoms with E-state index >= 15 is 0 Å². The number of likely N-dealkylation sites (N-methyl/N-ethyl adjacent to an activating group) is 1. The quantitative estimate of drug-likeness (QED) is 0.742. The SMILES string of the molecule is CC(C)CN(CCNc1ccc(Br)cc1)CCN(C)C. The molecule has 114 valence electrons. The van der Waals surface area contributed by atoms with Gasteiger partial charge in [0, 0.05) is 42.9 Å². The highest BCUT2D eigenvalue weighted by Gasteiger charge is 2.07. The van der Waals surface area contributed by atoms with Crippen molar-refractivity contribution in [1.29, 1.82) is 0 Å². The fourth-order valence-corrected chi connectivity index (χ4v) is 2.34. The van der Waals surface area contributed by atoms with E-state index in [4.69, 9.17) is 0 Å². The van der Waals surface area contributed by atoms with Gasteiger partial charge >= 0.3 is 0 Å². The normalized spacial score (nSPS) is 11.6. The second kappa shape index (κ2) is 9.37. The van der Waals surface area contributed by atoms with Gasteiger partial charge in [-0.25, -0.2) is 0 Å². The zero-order valence-electron chi connectivity index (χ0n) is 13.2. The van der Waals surface area contributed by atoms with Gasteiger partial charge in [-0.1, -0.05) is 29.8 Å². The van der Waals surface area contributed by atoms with Crippen LogP contribution in [0.2, 0.25) is 0 Å². The molecule has 20 heavy (non-hydrogen) atoms. The Hall–Kier alpha value is -0.580. The van der Waals surface area contributed by atoms with E-state index in [9.17, 15) is 0 Å². The van der Waals surface area contributed by atoms with Crippen LogP contribution in [0, 0.1) is 5.92 Å². The average Bonchev–Trinajstić information content (AvgIpc) is 2.37. The van der Waals surface area contributed by atoms with Crippen molar-refractivity contribution in [1.82, 2.24) is 9.80 Å². The van der Waals surface area contributed by atoms with Gasteiger partial charge in [-0.15, -0.1) is 0 Å². The minimum absolute atomic E-state index is 0.713. The number of hydrogen-bond acceptors (Lipinski definition) is 3. The number of rotatable bonds is 9. The first-order valence-electron chi connectivity index (χ1n) is 7.34. The van der Waals surface area contributed by atoms with Crippen LogP contribution in [-0.2, 0) is 0 Å². The molecule has 4 heteroatoms. The maximum atomic E-state index is 3.49. The van der Waals surface area contributed by atoms with E-state index in [1.165, 1.54) is 5.69 Å². The maximum absolute atomic E-state index is 3.49. The Kier molecular flexibility index (Phi) is 8.19. The summed E-state index contributed by atoms with van der Waals surface area (Å²) in [4.78, 5) is 4.78. The largest absolute Gasteiger partial charge is 0.384 e. The summed E-state index contributed by atoms with van der Waals surface area (Å²) in [6.45, 7) is 10.0. The molecule has 0 spiro atoms. The Morgan fingerprint density at radius 1 is 1.05 bits per heavy atom. The van der Waals surface area contributed by atoms with Crippen LogP contribution in [0.5, 0.6) is 0 Å². The lowest BCUT2D eigenvalue weighted by Crippen LogP contribution is -2.37. The number of benzene rings is 1. The van der Waals surface area contributed by atoms with E-state index in [1.807, 2.05) is 0 Å². The van der Waals surface area contributed by atoms with Crippen molar-refractivity contribution in [3.63, 3.8) is 0 Å². The molecule has 0 fully saturated rings. The van der Waals surface area contributed by atoms with Crippen LogP contribution in [0.4, 0.5) is 5.69 Å². The van der Waals surface area contributed by atoms with Crippen LogP contribution < -0.4 is 5.32 Å². The molecule has 1 rings (SSSR count). The number of halogens is 1. The summed E-state index contributed by atoms with van der Waals surface area (Å²) in [6, 6.07) is 8.36. The van der Waals surface area contributed by atoms with Gasteiger partial charge in [-0.2, -0.15) is 0 Å². The summed E-state index contributed by atoms with van der Waals surface area (Å²) in [5.74, 6) is 0.713. The van der Waals surface area contributed by atoms with Crippen molar-refractivity contribution >= 4 is 21.6 Å². The molecule has 0 aliphatic heterocycles. The van der Waals surface area contributed by atoms with Gasteiger partial charge in [0.25, 0.3) is 0 Å². The Morgan fingerprint density at radius 3 is 2.25 bits per heavy atom. The Morgan fingerprint density at radius 2 is 1.70 bits per heavy atom. The zero-order chi connectivity index (χ0) is 15.0. The number of nitrogens with zero attached hydrogens (tertiary/aromatic N) is 2. The van der Waals surface area contributed by atoms with E-state index in [2.05, 4.69) is 83.3 Å². The minimum Gasteiger partial charge on any atom is -0.384 e. The fraction of sp³-hybridized carbons (Fsp3) is 0.625. The summed E-state index contributed by atoms with van der Waals surface area (Å²) in [5.41, 5.74) is 1.19. The summed E-state index contributed by atoms with van der Waals surface area (Å²) in [5, 5.41) is 3.49. The first-order chi connectivity index (χ1) is 9.47. The second-order valence-electron chi connectivity index (χ2n) is 5.93. The zero-order valence-corrected chi connectivity index (χ0v) is 14.8. The molecule has 0 bridgehead atoms. The van der Waals surface area contributed by atoms with Crippen LogP contribution in [0.15, 0.2) is 28.7 Å². The van der Waals surface area contributed by atoms with E-state index < -0.39 is 0 Å². The van der Waals surface area contributed by atoms with Crippen molar-refractivity contribution in [3.8, 4) is 0 Å². The van der Waals surface area contributed by atoms with Crippen LogP contribution >= 0.6 is 15.9 Å². The third kappa shape index (κ3) is 7.88. The van der Waals surface area contributed by atoms with Crippen LogP contribution in [0.25, 0.3) is 0 Å². The Labute approximate surface area is 132 Å². The molecule has 1 N–H and O–H groups in total. The van der Waals surface area contributed by atoms with Gasteiger partial charge < -0.3 is 15.1 Å². The Bertz CT molecular complexity index is 362. The molecule has 1 aromatic carbocycles. The molecule has 0 saturated carbocycles. The summed E-state index contributed by atoms with van der Waals surface area (Å²) in [6.07, 6.45) is 0. The predicted molar refractivity (Wildman–Crippen MR) is 92.5 cm³/mol. The topological polar surface area (TPSA) is 18.5 Å². The van der Waals surface area contributed by atoms with Crippen molar-refractivity contribution in [2.45, 2.75) is 13.8 Å². The lowest BCUT2D eigenvalue weighted by molar-refractivity contribution is 0.226. The third-order valence-electron chi connectivity index (χ3n) is 3.09. The highest BCUT2D eigenvalue weighted by Crippen LogP contribution is 2.13. The van der Waals surface area contributed by atoms with Gasteiger partial charge in [-0.05, 0) is 44.3 Å². The van der Waals surface area contributed by atoms with E-state index in [0.717, 1.165) is 37.2 Å². The van der Waals surface area contributed by atoms with E-state index in [-0.39, 0.29) is 0 Å². The van der Waals surface area contributed by atoms with Crippen LogP contribution in [-0.4, -0.2) is 56.6 Å². The molecule has 1 aromatic rings. The molecular weight excluding hydrogens is 314 g/mol. The van der Waals surface area contributed by atoms with Gasteiger partial charge in [0.05, 0.1) is 0 Å². The summed E-state index contributed by atoms with van der Waals surface area (Å²) < 4.78 is 1.12. The Balaban J connectivity index is 2.34. The molecule has 3 nitrogen and oxygen atoms in total. The van der Waals surface area contributed by atoms with Crippen molar-refractivity contribution in [3.05, 3.63) is 28.7 Å². The standard InChI is InChI=1S/C16H28BrN3/c1-14(2)13-20(12-11-19(3)4)10-9-18-16-7-5-15(17)6-8-16/h5-8,14,18H,9-13H2,1-4H3. The van der Waals surface area contributed by atoms with Crippen LogP contribution in [0.1, 0.15) is 13.8 Å². The third-order valence-corrected chi connectivity index (χ3v) is 3.62. The first-order valence-corrected chi connectivity index (χ1v) is 8.13. The van der Waals surface area contributed by atoms with E-state index in [1.54, 1.807) is 0 Å². The molecule has 0 unspecified atom stereocenters. The van der Waals surface area contributed by atoms with Crippen LogP contribution in [0.3, 0.4) is 0 Å². The van der Waals surface area contributed by atoms with Crippen molar-refractivity contribution in [2.24, 2.45) is 5.92 Å². The average molecular weight is 342 g/mol. The van der Waals surface area contributed by atoms with Gasteiger partial charge in [0.1, 0.15) is 0 Å². The molecule has 0 heterocycles. The molecule has 0 radical (unpaired) electrons. The fourth-order valence-electron chi connectivity index (χ4n) is 2.08. The van der Waals surface area contributed by atoms with Gasteiger partial charge in [0.15, 0.2) is 0 Å². The van der Waals surface area contributed by atoms with Gasteiger partial charge in [0.2, 0.25) is 0 Å². The first kappa shape index (κ1) is 17.5. The maximum Gasteiger partial charge on any atom is 0.0341 e. The lowest BCUT2D eigenvalue weighted by atomic mass is 10.2. The summed E-state index contributed by atoms with van der Waals surface area (Å²) >= 11 is 3.46. The minimum atomic E-state index is 0.713. The van der Waals surface area contributed by atoms with E-state index in [0.29, 0.717) is 5.92 Å². The highest BCUT2D eigenvalue weighted by atomic mass is 79.9. The number of anilines is 1. The summed E-state index contributed by atoms with van der Waals surface area (Å²) in [7, 11) is 4.27. The number of hydrogen-bond donors (Lipinski definition) is 1.